The third-order valence-electron chi connectivity index (χ3n) is 5.09. The highest BCUT2D eigenvalue weighted by Gasteiger charge is 2.39. The molecular formula is C18H24BNO7S. The maximum absolute atomic E-state index is 12.6. The molecule has 1 unspecified atom stereocenters. The molecule has 2 atom stereocenters. The number of fused-ring (bicyclic) bond motifs is 1. The van der Waals surface area contributed by atoms with Crippen LogP contribution in [-0.4, -0.2) is 78.3 Å². The average molecular weight is 409 g/mol. The maximum atomic E-state index is 12.6. The molecule has 28 heavy (non-hydrogen) atoms. The van der Waals surface area contributed by atoms with Crippen LogP contribution >= 0.6 is 11.8 Å². The lowest BCUT2D eigenvalue weighted by atomic mass is 9.77. The van der Waals surface area contributed by atoms with Crippen molar-refractivity contribution in [2.75, 3.05) is 33.1 Å². The van der Waals surface area contributed by atoms with Crippen molar-refractivity contribution < 1.29 is 33.8 Å². The van der Waals surface area contributed by atoms with Crippen LogP contribution in [0.2, 0.25) is 0 Å². The van der Waals surface area contributed by atoms with E-state index in [1.54, 1.807) is 19.2 Å². The highest BCUT2D eigenvalue weighted by molar-refractivity contribution is 8.01. The highest BCUT2D eigenvalue weighted by Crippen LogP contribution is 2.38. The zero-order valence-corrected chi connectivity index (χ0v) is 16.7. The van der Waals surface area contributed by atoms with Crippen molar-refractivity contribution in [2.45, 2.75) is 30.5 Å². The maximum Gasteiger partial charge on any atom is 0.536 e. The first-order valence-electron chi connectivity index (χ1n) is 9.14. The van der Waals surface area contributed by atoms with E-state index >= 15 is 0 Å². The molecule has 1 amide bonds. The highest BCUT2D eigenvalue weighted by atomic mass is 32.2. The Hall–Kier alpha value is -1.91. The molecule has 0 bridgehead atoms. The van der Waals surface area contributed by atoms with Gasteiger partial charge in [0.2, 0.25) is 5.91 Å². The van der Waals surface area contributed by atoms with E-state index in [4.69, 9.17) is 14.1 Å². The van der Waals surface area contributed by atoms with E-state index in [-0.39, 0.29) is 39.9 Å². The summed E-state index contributed by atoms with van der Waals surface area (Å²) < 4.78 is 15.8. The van der Waals surface area contributed by atoms with Gasteiger partial charge in [-0.15, -0.1) is 11.8 Å². The summed E-state index contributed by atoms with van der Waals surface area (Å²) in [6.45, 7) is 1.25. The Bertz CT molecular complexity index is 747. The van der Waals surface area contributed by atoms with Gasteiger partial charge in [-0.1, -0.05) is 6.07 Å². The number of hydrogen-bond acceptors (Lipinski definition) is 7. The van der Waals surface area contributed by atoms with Gasteiger partial charge in [0, 0.05) is 13.7 Å². The molecule has 1 saturated heterocycles. The minimum atomic E-state index is -1.20. The Labute approximate surface area is 168 Å². The summed E-state index contributed by atoms with van der Waals surface area (Å²) in [5, 5.41) is 19.5. The lowest BCUT2D eigenvalue weighted by Gasteiger charge is -2.29. The topological polar surface area (TPSA) is 106 Å². The fraction of sp³-hybridized carbons (Fsp3) is 0.556. The van der Waals surface area contributed by atoms with Gasteiger partial charge in [-0.3, -0.25) is 4.79 Å². The van der Waals surface area contributed by atoms with Gasteiger partial charge in [0.05, 0.1) is 30.7 Å². The predicted octanol–water partition coefficient (Wildman–Crippen LogP) is 1.09. The number of carboxylic acid groups (broad SMARTS) is 1. The summed E-state index contributed by atoms with van der Waals surface area (Å²) in [7, 11) is 1.81. The lowest BCUT2D eigenvalue weighted by Crippen LogP contribution is -2.43. The van der Waals surface area contributed by atoms with Crippen LogP contribution in [0.3, 0.4) is 0 Å². The van der Waals surface area contributed by atoms with Gasteiger partial charge in [0.15, 0.2) is 0 Å². The normalized spacial score (nSPS) is 21.2. The number of amides is 1. The van der Waals surface area contributed by atoms with E-state index in [2.05, 4.69) is 0 Å². The number of carbonyl (C=O) groups is 2. The molecule has 0 spiro atoms. The van der Waals surface area contributed by atoms with Gasteiger partial charge < -0.3 is 29.2 Å². The summed E-state index contributed by atoms with van der Waals surface area (Å²) in [5.41, 5.74) is 0.574. The van der Waals surface area contributed by atoms with E-state index in [1.165, 1.54) is 18.9 Å². The second kappa shape index (κ2) is 9.06. The number of carbonyl (C=O) groups excluding carboxylic acids is 1. The number of likely N-dealkylation sites (tertiary alicyclic amines) is 1. The van der Waals surface area contributed by atoms with Gasteiger partial charge in [-0.2, -0.15) is 0 Å². The van der Waals surface area contributed by atoms with Gasteiger partial charge in [0.25, 0.3) is 0 Å². The number of aromatic carboxylic acids is 1. The number of carboxylic acids is 1. The van der Waals surface area contributed by atoms with Crippen molar-refractivity contribution in [1.29, 1.82) is 0 Å². The van der Waals surface area contributed by atoms with Gasteiger partial charge in [0.1, 0.15) is 17.1 Å². The number of benzene rings is 1. The van der Waals surface area contributed by atoms with E-state index in [1.807, 2.05) is 4.90 Å². The standard InChI is InChI=1S/C18H24BNO7S/c1-25-9-12-4-3-7-20(12)15(21)10-28-14-8-11-5-6-13(26-2)16(18(22)23)17(11)27-19(14)24/h5-6,12,14,24H,3-4,7-10H2,1-2H3,(H,22,23)/t12?,14-/m0/s1. The third kappa shape index (κ3) is 4.23. The fourth-order valence-corrected chi connectivity index (χ4v) is 4.76. The van der Waals surface area contributed by atoms with E-state index in [0.29, 0.717) is 18.6 Å². The fourth-order valence-electron chi connectivity index (χ4n) is 3.72. The van der Waals surface area contributed by atoms with Crippen LogP contribution in [-0.2, 0) is 16.0 Å². The number of nitrogens with zero attached hydrogens (tertiary/aromatic N) is 1. The van der Waals surface area contributed by atoms with Crippen molar-refractivity contribution in [2.24, 2.45) is 0 Å². The molecule has 2 N–H and O–H groups in total. The summed E-state index contributed by atoms with van der Waals surface area (Å²) >= 11 is 1.32. The van der Waals surface area contributed by atoms with Crippen molar-refractivity contribution >= 4 is 30.8 Å². The van der Waals surface area contributed by atoms with Crippen LogP contribution in [0, 0.1) is 0 Å². The molecule has 0 aliphatic carbocycles. The molecule has 2 heterocycles. The van der Waals surface area contributed by atoms with E-state index in [0.717, 1.165) is 19.4 Å². The Morgan fingerprint density at radius 2 is 2.18 bits per heavy atom. The molecule has 1 aromatic rings. The second-order valence-electron chi connectivity index (χ2n) is 6.84. The Morgan fingerprint density at radius 3 is 2.86 bits per heavy atom. The third-order valence-corrected chi connectivity index (χ3v) is 6.33. The van der Waals surface area contributed by atoms with Crippen LogP contribution in [0.25, 0.3) is 0 Å². The molecule has 1 fully saturated rings. The molecule has 0 aromatic heterocycles. The summed E-state index contributed by atoms with van der Waals surface area (Å²) in [4.78, 5) is 26.0. The van der Waals surface area contributed by atoms with Gasteiger partial charge in [-0.05, 0) is 30.9 Å². The summed E-state index contributed by atoms with van der Waals surface area (Å²) in [6, 6.07) is 3.42. The number of methoxy groups -OCH3 is 2. The molecule has 10 heteroatoms. The molecule has 1 aromatic carbocycles. The van der Waals surface area contributed by atoms with Crippen LogP contribution < -0.4 is 9.39 Å². The zero-order valence-electron chi connectivity index (χ0n) is 15.9. The molecule has 8 nitrogen and oxygen atoms in total. The number of hydrogen-bond donors (Lipinski definition) is 2. The summed E-state index contributed by atoms with van der Waals surface area (Å²) in [6.07, 6.45) is 2.31. The SMILES string of the molecule is COCC1CCCN1C(=O)CS[C@H]1Cc2ccc(OC)c(C(=O)O)c2OB1O. The van der Waals surface area contributed by atoms with Crippen molar-refractivity contribution in [1.82, 2.24) is 4.90 Å². The molecule has 0 radical (unpaired) electrons. The first-order chi connectivity index (χ1) is 13.5. The molecular weight excluding hydrogens is 385 g/mol. The molecule has 2 aliphatic rings. The van der Waals surface area contributed by atoms with Gasteiger partial charge in [-0.25, -0.2) is 4.79 Å². The Kier molecular flexibility index (Phi) is 6.74. The number of ether oxygens (including phenoxy) is 2. The van der Waals surface area contributed by atoms with Gasteiger partial charge >= 0.3 is 13.1 Å². The van der Waals surface area contributed by atoms with Crippen LogP contribution in [0.4, 0.5) is 0 Å². The molecule has 0 saturated carbocycles. The second-order valence-corrected chi connectivity index (χ2v) is 8.06. The van der Waals surface area contributed by atoms with Crippen LogP contribution in [0.1, 0.15) is 28.8 Å². The smallest absolute Gasteiger partial charge is 0.534 e. The zero-order chi connectivity index (χ0) is 20.3. The Morgan fingerprint density at radius 1 is 1.39 bits per heavy atom. The average Bonchev–Trinajstić information content (AvgIpc) is 3.13. The summed E-state index contributed by atoms with van der Waals surface area (Å²) in [5.74, 6) is -0.633. The van der Waals surface area contributed by atoms with Crippen molar-refractivity contribution in [3.8, 4) is 11.5 Å². The molecule has 2 aliphatic heterocycles. The van der Waals surface area contributed by atoms with Crippen molar-refractivity contribution in [3.63, 3.8) is 0 Å². The molecule has 3 rings (SSSR count). The minimum absolute atomic E-state index is 0.0171. The van der Waals surface area contributed by atoms with Crippen LogP contribution in [0.5, 0.6) is 11.5 Å². The monoisotopic (exact) mass is 409 g/mol. The minimum Gasteiger partial charge on any atom is -0.534 e. The first kappa shape index (κ1) is 20.8. The molecule has 152 valence electrons. The number of thioether (sulfide) groups is 1. The largest absolute Gasteiger partial charge is 0.536 e. The lowest BCUT2D eigenvalue weighted by molar-refractivity contribution is -0.130. The van der Waals surface area contributed by atoms with E-state index < -0.39 is 13.1 Å². The van der Waals surface area contributed by atoms with E-state index in [9.17, 15) is 19.7 Å². The quantitative estimate of drug-likeness (QED) is 0.645. The van der Waals surface area contributed by atoms with Crippen LogP contribution in [0.15, 0.2) is 12.1 Å². The van der Waals surface area contributed by atoms with Crippen molar-refractivity contribution in [3.05, 3.63) is 23.3 Å². The first-order valence-corrected chi connectivity index (χ1v) is 10.2. The predicted molar refractivity (Wildman–Crippen MR) is 105 cm³/mol. The number of rotatable bonds is 7. The Balaban J connectivity index is 1.67.